The predicted octanol–water partition coefficient (Wildman–Crippen LogP) is 2.16. The molecule has 1 fully saturated rings. The first kappa shape index (κ1) is 9.95. The van der Waals surface area contributed by atoms with Crippen molar-refractivity contribution in [2.75, 3.05) is 63.3 Å². The maximum atomic E-state index is 8.94. The fourth-order valence-corrected chi connectivity index (χ4v) is 3.24. The summed E-state index contributed by atoms with van der Waals surface area (Å²) < 4.78 is 183. The van der Waals surface area contributed by atoms with Crippen LogP contribution in [0.2, 0.25) is 0 Å². The molecule has 0 atom stereocenters. The molecule has 12 nitrogen and oxygen atoms in total. The van der Waals surface area contributed by atoms with E-state index in [0.29, 0.717) is 0 Å². The Morgan fingerprint density at radius 1 is 1.11 bits per heavy atom. The van der Waals surface area contributed by atoms with E-state index in [1.165, 1.54) is 18.4 Å². The van der Waals surface area contributed by atoms with Crippen LogP contribution in [0.3, 0.4) is 0 Å². The predicted molar refractivity (Wildman–Crippen MR) is 139 cm³/mol. The molecule has 0 unspecified atom stereocenters. The zero-order chi connectivity index (χ0) is 42.9. The molecule has 37 heavy (non-hydrogen) atoms. The molecule has 0 spiro atoms. The maximum Gasteiger partial charge on any atom is 0.225 e. The van der Waals surface area contributed by atoms with E-state index >= 15 is 0 Å². The molecule has 1 aromatic carbocycles. The number of nitrogens with zero attached hydrogens (tertiary/aromatic N) is 8. The van der Waals surface area contributed by atoms with Crippen molar-refractivity contribution in [3.8, 4) is 17.3 Å². The standard InChI is InChI=1S/C25H29N9O3/c1-35-15-16-36-19-6-4-18(5-7-19)32-11-8-31(9-12-32)10-13-33-23-20(17-27-33)24-28-22(21-3-2-14-37-21)30-34(24)25(26)29-23/h2-7,14,17H,8-13,15-16H2,1H3,(H2,26,29)/i1D3,8D2,9D2,10D2,11D2,12D2,13D2,15D2,16D2,17D. The molecular weight excluding hydrogens is 474 g/mol. The van der Waals surface area contributed by atoms with E-state index in [-0.39, 0.29) is 32.2 Å². The van der Waals surface area contributed by atoms with Crippen LogP contribution in [0, 0.1) is 0 Å². The number of benzene rings is 1. The molecule has 0 amide bonds. The van der Waals surface area contributed by atoms with Crippen molar-refractivity contribution in [2.45, 2.75) is 6.50 Å². The number of nitrogen functional groups attached to an aromatic ring is 1. The van der Waals surface area contributed by atoms with E-state index in [1.54, 1.807) is 0 Å². The summed E-state index contributed by atoms with van der Waals surface area (Å²) in [7, 11) is -3.38. The summed E-state index contributed by atoms with van der Waals surface area (Å²) in [6, 6.07) is 6.30. The third kappa shape index (κ3) is 4.68. The number of nitrogens with two attached hydrogens (primary N) is 1. The molecule has 1 aliphatic rings. The van der Waals surface area contributed by atoms with Gasteiger partial charge in [-0.05, 0) is 36.4 Å². The average molecular weight is 524 g/mol. The number of furan rings is 1. The molecular formula is C25H29N9O3. The van der Waals surface area contributed by atoms with E-state index in [0.717, 1.165) is 28.8 Å². The second-order valence-corrected chi connectivity index (χ2v) is 7.08. The highest BCUT2D eigenvalue weighted by Crippen LogP contribution is 2.24. The fourth-order valence-electron chi connectivity index (χ4n) is 3.24. The fraction of sp³-hybridized carbons (Fsp3) is 0.360. The Morgan fingerprint density at radius 3 is 2.76 bits per heavy atom. The monoisotopic (exact) mass is 523 g/mol. The molecule has 0 saturated carbocycles. The summed E-state index contributed by atoms with van der Waals surface area (Å²) in [4.78, 5) is 7.67. The smallest absolute Gasteiger partial charge is 0.225 e. The lowest BCUT2D eigenvalue weighted by atomic mass is 10.2. The molecule has 6 rings (SSSR count). The lowest BCUT2D eigenvalue weighted by molar-refractivity contribution is 0.146. The van der Waals surface area contributed by atoms with Gasteiger partial charge in [0.05, 0.1) is 50.1 Å². The van der Waals surface area contributed by atoms with Crippen molar-refractivity contribution in [2.24, 2.45) is 0 Å². The Balaban J connectivity index is 1.40. The van der Waals surface area contributed by atoms with Crippen molar-refractivity contribution in [3.05, 3.63) is 48.8 Å². The van der Waals surface area contributed by atoms with Crippen LogP contribution in [0.5, 0.6) is 5.75 Å². The molecule has 2 N–H and O–H groups in total. The molecule has 1 aliphatic heterocycles. The largest absolute Gasteiger partial charge is 0.491 e. The quantitative estimate of drug-likeness (QED) is 0.307. The molecule has 4 aromatic heterocycles. The summed E-state index contributed by atoms with van der Waals surface area (Å²) in [5, 5.41) is 7.59. The summed E-state index contributed by atoms with van der Waals surface area (Å²) in [5.74, 6) is -0.894. The highest BCUT2D eigenvalue weighted by Gasteiger charge is 2.20. The molecule has 5 aromatic rings. The Labute approximate surface area is 241 Å². The number of piperazine rings is 1. The van der Waals surface area contributed by atoms with Gasteiger partial charge in [0.2, 0.25) is 11.8 Å². The van der Waals surface area contributed by atoms with Gasteiger partial charge in [-0.2, -0.15) is 14.6 Å². The second kappa shape index (κ2) is 10.1. The Hall–Kier alpha value is -4.16. The Kier molecular flexibility index (Phi) is 2.71. The SMILES string of the molecule is [2H]c1nn(C([2H])([2H])C([2H])([2H])N2C([2H])([2H])C([2H])([2H])N(c3ccc(OC([2H])([2H])C([2H])([2H])OC([2H])([2H])[2H])cc3)C([2H])([2H])C2([2H])[2H])c2nc(N)n3nc(-c4ccco4)nc3c12. The lowest BCUT2D eigenvalue weighted by Gasteiger charge is -2.36. The zero-order valence-corrected chi connectivity index (χ0v) is 18.4. The van der Waals surface area contributed by atoms with Crippen LogP contribution in [0.15, 0.2) is 53.3 Å². The summed E-state index contributed by atoms with van der Waals surface area (Å²) >= 11 is 0. The molecule has 0 bridgehead atoms. The van der Waals surface area contributed by atoms with Gasteiger partial charge in [0.25, 0.3) is 0 Å². The molecule has 0 aliphatic carbocycles. The van der Waals surface area contributed by atoms with E-state index < -0.39 is 93.2 Å². The molecule has 5 heterocycles. The Morgan fingerprint density at radius 2 is 1.97 bits per heavy atom. The van der Waals surface area contributed by atoms with Gasteiger partial charge in [-0.25, -0.2) is 9.67 Å². The van der Waals surface area contributed by atoms with Crippen LogP contribution >= 0.6 is 0 Å². The molecule has 0 radical (unpaired) electrons. The van der Waals surface area contributed by atoms with Crippen molar-refractivity contribution in [1.29, 1.82) is 0 Å². The van der Waals surface area contributed by atoms with Crippen LogP contribution in [-0.4, -0.2) is 86.9 Å². The van der Waals surface area contributed by atoms with Crippen LogP contribution < -0.4 is 15.4 Å². The van der Waals surface area contributed by atoms with Gasteiger partial charge >= 0.3 is 0 Å². The minimum atomic E-state index is -4.10. The van der Waals surface area contributed by atoms with E-state index in [1.807, 2.05) is 0 Å². The summed E-state index contributed by atoms with van der Waals surface area (Å²) in [6.07, 6.45) is 0.566. The van der Waals surface area contributed by atoms with Gasteiger partial charge in [-0.15, -0.1) is 5.10 Å². The Bertz CT molecular complexity index is 2300. The number of hydrogen-bond donors (Lipinski definition) is 1. The van der Waals surface area contributed by atoms with Crippen LogP contribution in [0.4, 0.5) is 11.6 Å². The molecule has 12 heteroatoms. The first-order chi connectivity index (χ1) is 25.7. The van der Waals surface area contributed by atoms with Gasteiger partial charge in [-0.3, -0.25) is 4.90 Å². The first-order valence-corrected chi connectivity index (χ1v) is 10.3. The highest BCUT2D eigenvalue weighted by atomic mass is 16.5. The van der Waals surface area contributed by atoms with E-state index in [2.05, 4.69) is 24.9 Å². The van der Waals surface area contributed by atoms with Gasteiger partial charge in [0.1, 0.15) is 12.3 Å². The number of methoxy groups -OCH3 is 1. The minimum Gasteiger partial charge on any atom is -0.491 e. The van der Waals surface area contributed by atoms with Crippen LogP contribution in [-0.2, 0) is 11.2 Å². The number of rotatable bonds is 9. The second-order valence-electron chi connectivity index (χ2n) is 7.08. The van der Waals surface area contributed by atoms with Gasteiger partial charge in [0.15, 0.2) is 17.1 Å². The number of fused-ring (bicyclic) bond motifs is 3. The van der Waals surface area contributed by atoms with Crippen molar-refractivity contribution >= 4 is 28.3 Å². The van der Waals surface area contributed by atoms with E-state index in [4.69, 9.17) is 42.3 Å². The summed E-state index contributed by atoms with van der Waals surface area (Å²) in [6.45, 7) is -30.5. The van der Waals surface area contributed by atoms with Crippen LogP contribution in [0.25, 0.3) is 28.3 Å². The summed E-state index contributed by atoms with van der Waals surface area (Å²) in [5.41, 5.74) is 4.57. The van der Waals surface area contributed by atoms with Gasteiger partial charge in [-0.1, -0.05) is 0 Å². The average Bonchev–Trinajstić information content (AvgIpc) is 3.79. The molecule has 192 valence electrons. The van der Waals surface area contributed by atoms with E-state index in [9.17, 15) is 0 Å². The van der Waals surface area contributed by atoms with Gasteiger partial charge < -0.3 is 24.5 Å². The third-order valence-electron chi connectivity index (χ3n) is 4.87. The van der Waals surface area contributed by atoms with Crippen molar-refractivity contribution in [3.63, 3.8) is 0 Å². The van der Waals surface area contributed by atoms with Crippen LogP contribution in [0.1, 0.15) is 27.4 Å². The van der Waals surface area contributed by atoms with Gasteiger partial charge in [0, 0.05) is 53.4 Å². The number of ether oxygens (including phenoxy) is 2. The maximum absolute atomic E-state index is 8.94. The third-order valence-corrected chi connectivity index (χ3v) is 4.87. The normalized spacial score (nSPS) is 30.0. The molecule has 1 saturated heterocycles. The zero-order valence-electron chi connectivity index (χ0n) is 38.4. The minimum absolute atomic E-state index is 0.0241. The lowest BCUT2D eigenvalue weighted by Crippen LogP contribution is -2.47. The number of aryl methyl sites for hydroxylation is 1. The van der Waals surface area contributed by atoms with Crippen molar-refractivity contribution in [1.82, 2.24) is 34.3 Å². The number of anilines is 2. The number of hydrogen-bond acceptors (Lipinski definition) is 10. The topological polar surface area (TPSA) is 125 Å². The van der Waals surface area contributed by atoms with Crippen molar-refractivity contribution < 1.29 is 41.3 Å². The number of aromatic nitrogens is 6. The first-order valence-electron chi connectivity index (χ1n) is 20.3. The highest BCUT2D eigenvalue weighted by molar-refractivity contribution is 5.90.